The van der Waals surface area contributed by atoms with Crippen molar-refractivity contribution >= 4 is 5.69 Å². The van der Waals surface area contributed by atoms with Crippen LogP contribution >= 0.6 is 0 Å². The highest BCUT2D eigenvalue weighted by Gasteiger charge is 2.31. The van der Waals surface area contributed by atoms with Gasteiger partial charge in [0.05, 0.1) is 16.8 Å². The van der Waals surface area contributed by atoms with E-state index in [1.165, 1.54) is 18.9 Å². The molecule has 0 aliphatic heterocycles. The Bertz CT molecular complexity index is 511. The van der Waals surface area contributed by atoms with E-state index in [0.717, 1.165) is 31.5 Å². The Morgan fingerprint density at radius 1 is 1.30 bits per heavy atom. The van der Waals surface area contributed by atoms with Crippen LogP contribution in [0.2, 0.25) is 0 Å². The molecule has 2 nitrogen and oxygen atoms in total. The van der Waals surface area contributed by atoms with Gasteiger partial charge in [0, 0.05) is 13.6 Å². The molecule has 0 atom stereocenters. The van der Waals surface area contributed by atoms with Crippen molar-refractivity contribution in [2.24, 2.45) is 5.92 Å². The predicted octanol–water partition coefficient (Wildman–Crippen LogP) is 4.20. The van der Waals surface area contributed by atoms with Crippen LogP contribution in [0.4, 0.5) is 18.9 Å². The van der Waals surface area contributed by atoms with Gasteiger partial charge in [-0.2, -0.15) is 18.4 Å². The summed E-state index contributed by atoms with van der Waals surface area (Å²) in [6, 6.07) is 5.25. The number of alkyl halides is 3. The van der Waals surface area contributed by atoms with Crippen molar-refractivity contribution in [2.45, 2.75) is 31.9 Å². The Kier molecular flexibility index (Phi) is 4.22. The van der Waals surface area contributed by atoms with Crippen molar-refractivity contribution in [3.05, 3.63) is 29.3 Å². The van der Waals surface area contributed by atoms with Gasteiger partial charge in [0.15, 0.2) is 0 Å². The third kappa shape index (κ3) is 3.24. The number of halogens is 3. The van der Waals surface area contributed by atoms with E-state index < -0.39 is 11.7 Å². The fourth-order valence-electron chi connectivity index (χ4n) is 2.81. The first-order chi connectivity index (χ1) is 9.41. The van der Waals surface area contributed by atoms with E-state index in [1.54, 1.807) is 0 Å². The average molecular weight is 282 g/mol. The van der Waals surface area contributed by atoms with Crippen LogP contribution in [0.25, 0.3) is 0 Å². The molecule has 1 aliphatic rings. The molecule has 1 aromatic carbocycles. The van der Waals surface area contributed by atoms with Gasteiger partial charge in [0.1, 0.15) is 6.07 Å². The molecule has 0 N–H and O–H groups in total. The van der Waals surface area contributed by atoms with Gasteiger partial charge in [-0.15, -0.1) is 0 Å². The zero-order valence-electron chi connectivity index (χ0n) is 11.4. The molecular formula is C15H17F3N2. The molecular weight excluding hydrogens is 265 g/mol. The highest BCUT2D eigenvalue weighted by Crippen LogP contribution is 2.33. The molecule has 5 heteroatoms. The van der Waals surface area contributed by atoms with Crippen molar-refractivity contribution in [3.63, 3.8) is 0 Å². The lowest BCUT2D eigenvalue weighted by molar-refractivity contribution is -0.137. The van der Waals surface area contributed by atoms with Gasteiger partial charge in [-0.1, -0.05) is 12.8 Å². The Morgan fingerprint density at radius 2 is 1.95 bits per heavy atom. The Labute approximate surface area is 116 Å². The molecule has 20 heavy (non-hydrogen) atoms. The fraction of sp³-hybridized carbons (Fsp3) is 0.533. The standard InChI is InChI=1S/C15H17F3N2/c1-20(10-11-4-2-3-5-11)14-7-6-13(15(16,17)18)8-12(14)9-19/h6-8,11H,2-5,10H2,1H3. The number of hydrogen-bond donors (Lipinski definition) is 0. The Hall–Kier alpha value is -1.70. The van der Waals surface area contributed by atoms with Gasteiger partial charge in [0.25, 0.3) is 0 Å². The molecule has 0 heterocycles. The van der Waals surface area contributed by atoms with E-state index in [-0.39, 0.29) is 5.56 Å². The van der Waals surface area contributed by atoms with Crippen LogP contribution in [-0.2, 0) is 6.18 Å². The molecule has 0 radical (unpaired) electrons. The Morgan fingerprint density at radius 3 is 2.50 bits per heavy atom. The molecule has 1 aromatic rings. The molecule has 1 fully saturated rings. The van der Waals surface area contributed by atoms with E-state index in [0.29, 0.717) is 11.6 Å². The third-order valence-electron chi connectivity index (χ3n) is 3.86. The highest BCUT2D eigenvalue weighted by molar-refractivity contribution is 5.60. The third-order valence-corrected chi connectivity index (χ3v) is 3.86. The lowest BCUT2D eigenvalue weighted by Gasteiger charge is -2.24. The van der Waals surface area contributed by atoms with Crippen molar-refractivity contribution in [3.8, 4) is 6.07 Å². The average Bonchev–Trinajstić information content (AvgIpc) is 2.89. The van der Waals surface area contributed by atoms with E-state index in [4.69, 9.17) is 5.26 Å². The minimum Gasteiger partial charge on any atom is -0.373 e. The van der Waals surface area contributed by atoms with Gasteiger partial charge in [0.2, 0.25) is 0 Å². The normalized spacial score (nSPS) is 16.1. The molecule has 0 bridgehead atoms. The van der Waals surface area contributed by atoms with Crippen LogP contribution in [-0.4, -0.2) is 13.6 Å². The summed E-state index contributed by atoms with van der Waals surface area (Å²) >= 11 is 0. The van der Waals surface area contributed by atoms with Crippen molar-refractivity contribution < 1.29 is 13.2 Å². The molecule has 1 saturated carbocycles. The number of nitrogens with zero attached hydrogens (tertiary/aromatic N) is 2. The lowest BCUT2D eigenvalue weighted by atomic mass is 10.1. The maximum Gasteiger partial charge on any atom is 0.416 e. The summed E-state index contributed by atoms with van der Waals surface area (Å²) < 4.78 is 37.9. The van der Waals surface area contributed by atoms with Crippen molar-refractivity contribution in [2.75, 3.05) is 18.5 Å². The summed E-state index contributed by atoms with van der Waals surface area (Å²) in [6.45, 7) is 0.792. The Balaban J connectivity index is 2.20. The van der Waals surface area contributed by atoms with Crippen molar-refractivity contribution in [1.82, 2.24) is 0 Å². The second-order valence-electron chi connectivity index (χ2n) is 5.37. The van der Waals surface area contributed by atoms with Gasteiger partial charge in [-0.05, 0) is 37.0 Å². The topological polar surface area (TPSA) is 27.0 Å². The molecule has 0 amide bonds. The lowest BCUT2D eigenvalue weighted by Crippen LogP contribution is -2.25. The summed E-state index contributed by atoms with van der Waals surface area (Å²) in [5.74, 6) is 0.578. The van der Waals surface area contributed by atoms with Crippen LogP contribution in [0, 0.1) is 17.2 Å². The van der Waals surface area contributed by atoms with E-state index in [2.05, 4.69) is 0 Å². The SMILES string of the molecule is CN(CC1CCCC1)c1ccc(C(F)(F)F)cc1C#N. The van der Waals surface area contributed by atoms with Crippen LogP contribution < -0.4 is 4.90 Å². The summed E-state index contributed by atoms with van der Waals surface area (Å²) in [5, 5.41) is 9.07. The first kappa shape index (κ1) is 14.7. The number of anilines is 1. The molecule has 2 rings (SSSR count). The van der Waals surface area contributed by atoms with Crippen LogP contribution in [0.5, 0.6) is 0 Å². The maximum atomic E-state index is 12.6. The quantitative estimate of drug-likeness (QED) is 0.830. The van der Waals surface area contributed by atoms with E-state index >= 15 is 0 Å². The maximum absolute atomic E-state index is 12.6. The van der Waals surface area contributed by atoms with Crippen LogP contribution in [0.15, 0.2) is 18.2 Å². The monoisotopic (exact) mass is 282 g/mol. The molecule has 0 saturated heterocycles. The summed E-state index contributed by atoms with van der Waals surface area (Å²) in [6.07, 6.45) is 0.348. The summed E-state index contributed by atoms with van der Waals surface area (Å²) in [7, 11) is 1.84. The number of rotatable bonds is 3. The first-order valence-corrected chi connectivity index (χ1v) is 6.74. The summed E-state index contributed by atoms with van der Waals surface area (Å²) in [4.78, 5) is 1.90. The van der Waals surface area contributed by atoms with Gasteiger partial charge < -0.3 is 4.90 Å². The van der Waals surface area contributed by atoms with Crippen LogP contribution in [0.3, 0.4) is 0 Å². The first-order valence-electron chi connectivity index (χ1n) is 6.74. The van der Waals surface area contributed by atoms with Crippen LogP contribution in [0.1, 0.15) is 36.8 Å². The minimum atomic E-state index is -4.41. The molecule has 0 spiro atoms. The van der Waals surface area contributed by atoms with E-state index in [1.807, 2.05) is 18.0 Å². The van der Waals surface area contributed by atoms with Gasteiger partial charge >= 0.3 is 6.18 Å². The smallest absolute Gasteiger partial charge is 0.373 e. The molecule has 0 aromatic heterocycles. The predicted molar refractivity (Wildman–Crippen MR) is 71.4 cm³/mol. The molecule has 1 aliphatic carbocycles. The fourth-order valence-corrected chi connectivity index (χ4v) is 2.81. The van der Waals surface area contributed by atoms with Crippen molar-refractivity contribution in [1.29, 1.82) is 5.26 Å². The van der Waals surface area contributed by atoms with E-state index in [9.17, 15) is 13.2 Å². The second kappa shape index (κ2) is 5.74. The number of hydrogen-bond acceptors (Lipinski definition) is 2. The number of nitriles is 1. The highest BCUT2D eigenvalue weighted by atomic mass is 19.4. The summed E-state index contributed by atoms with van der Waals surface area (Å²) in [5.41, 5.74) is -0.111. The largest absolute Gasteiger partial charge is 0.416 e. The zero-order valence-corrected chi connectivity index (χ0v) is 11.4. The van der Waals surface area contributed by atoms with Gasteiger partial charge in [-0.3, -0.25) is 0 Å². The number of benzene rings is 1. The molecule has 108 valence electrons. The second-order valence-corrected chi connectivity index (χ2v) is 5.37. The molecule has 0 unspecified atom stereocenters. The minimum absolute atomic E-state index is 0.0836. The zero-order chi connectivity index (χ0) is 14.8. The van der Waals surface area contributed by atoms with Gasteiger partial charge in [-0.25, -0.2) is 0 Å².